The summed E-state index contributed by atoms with van der Waals surface area (Å²) in [6.07, 6.45) is 14.9. The quantitative estimate of drug-likeness (QED) is 0.416. The lowest BCUT2D eigenvalue weighted by Crippen LogP contribution is -2.95. The molecular weight excluding hydrogens is 444 g/mol. The van der Waals surface area contributed by atoms with Crippen LogP contribution in [-0.4, -0.2) is 85.2 Å². The molecule has 8 atom stereocenters. The summed E-state index contributed by atoms with van der Waals surface area (Å²) in [4.78, 5) is 22.9. The molecule has 0 radical (unpaired) electrons. The van der Waals surface area contributed by atoms with Gasteiger partial charge in [-0.1, -0.05) is 12.8 Å². The number of carbonyl (C=O) groups excluding carboxylic acids is 1. The molecule has 1 saturated carbocycles. The van der Waals surface area contributed by atoms with Crippen LogP contribution in [0, 0.1) is 17.8 Å². The fourth-order valence-electron chi connectivity index (χ4n) is 8.02. The van der Waals surface area contributed by atoms with Gasteiger partial charge in [0.2, 0.25) is 5.91 Å². The Morgan fingerprint density at radius 3 is 2.66 bits per heavy atom. The number of likely N-dealkylation sites (tertiary alicyclic amines) is 2. The number of nitrogens with two attached hydrogens (primary N) is 2. The number of quaternary nitrogens is 1. The van der Waals surface area contributed by atoms with Crippen LogP contribution < -0.4 is 21.8 Å². The van der Waals surface area contributed by atoms with Crippen LogP contribution in [0.15, 0.2) is 0 Å². The summed E-state index contributed by atoms with van der Waals surface area (Å²) >= 11 is 0. The van der Waals surface area contributed by atoms with Gasteiger partial charge in [-0.2, -0.15) is 5.48 Å². The third kappa shape index (κ3) is 5.42. The Balaban J connectivity index is 0.992. The van der Waals surface area contributed by atoms with Crippen LogP contribution in [0.3, 0.4) is 0 Å². The predicted molar refractivity (Wildman–Crippen MR) is 132 cm³/mol. The number of nitrogens with zero attached hydrogens (tertiary/aromatic N) is 2. The first-order valence-corrected chi connectivity index (χ1v) is 14.6. The molecule has 6 N–H and O–H groups in total. The van der Waals surface area contributed by atoms with Gasteiger partial charge in [-0.25, -0.2) is 0 Å². The van der Waals surface area contributed by atoms with Crippen LogP contribution in [0.2, 0.25) is 0 Å². The highest BCUT2D eigenvalue weighted by atomic mass is 16.7. The molecule has 6 fully saturated rings. The number of hydrogen-bond donors (Lipinski definition) is 4. The molecule has 5 saturated heterocycles. The summed E-state index contributed by atoms with van der Waals surface area (Å²) in [5, 5.41) is 6.34. The van der Waals surface area contributed by atoms with E-state index >= 15 is 0 Å². The number of amides is 1. The molecular formula is C26H47N6O3+. The van der Waals surface area contributed by atoms with Crippen molar-refractivity contribution in [1.82, 2.24) is 20.6 Å². The summed E-state index contributed by atoms with van der Waals surface area (Å²) in [5.41, 5.74) is 8.93. The zero-order valence-electron chi connectivity index (χ0n) is 21.3. The second kappa shape index (κ2) is 10.9. The van der Waals surface area contributed by atoms with E-state index in [1.807, 2.05) is 0 Å². The summed E-state index contributed by atoms with van der Waals surface area (Å²) in [6.45, 7) is 5.33. The van der Waals surface area contributed by atoms with Gasteiger partial charge in [-0.05, 0) is 57.4 Å². The fourth-order valence-corrected chi connectivity index (χ4v) is 8.02. The Labute approximate surface area is 210 Å². The summed E-state index contributed by atoms with van der Waals surface area (Å²) in [6, 6.07) is 0.428. The van der Waals surface area contributed by atoms with E-state index in [1.165, 1.54) is 51.4 Å². The minimum Gasteiger partial charge on any atom is -0.373 e. The van der Waals surface area contributed by atoms with Crippen molar-refractivity contribution in [2.45, 2.75) is 107 Å². The first-order chi connectivity index (χ1) is 17.1. The van der Waals surface area contributed by atoms with Gasteiger partial charge in [0.05, 0.1) is 31.0 Å². The van der Waals surface area contributed by atoms with E-state index in [0.717, 1.165) is 57.9 Å². The molecule has 5 heterocycles. The molecule has 0 bridgehead atoms. The van der Waals surface area contributed by atoms with Crippen LogP contribution in [-0.2, 0) is 14.4 Å². The van der Waals surface area contributed by atoms with Crippen LogP contribution in [0.5, 0.6) is 0 Å². The summed E-state index contributed by atoms with van der Waals surface area (Å²) in [7, 11) is 0. The van der Waals surface area contributed by atoms with Gasteiger partial charge in [-0.3, -0.25) is 24.7 Å². The minimum absolute atomic E-state index is 0.0573. The van der Waals surface area contributed by atoms with Crippen molar-refractivity contribution in [2.24, 2.45) is 23.5 Å². The number of hydroxylamine groups is 1. The van der Waals surface area contributed by atoms with Crippen LogP contribution in [0.1, 0.15) is 70.6 Å². The average molecular weight is 492 g/mol. The second-order valence-corrected chi connectivity index (χ2v) is 12.2. The second-order valence-electron chi connectivity index (χ2n) is 12.2. The predicted octanol–water partition coefficient (Wildman–Crippen LogP) is 0.0719. The molecule has 198 valence electrons. The molecule has 0 aromatic carbocycles. The van der Waals surface area contributed by atoms with Crippen LogP contribution in [0.4, 0.5) is 0 Å². The third-order valence-electron chi connectivity index (χ3n) is 10.0. The topological polar surface area (TPSA) is 109 Å². The van der Waals surface area contributed by atoms with Crippen molar-refractivity contribution >= 4 is 5.91 Å². The highest BCUT2D eigenvalue weighted by Crippen LogP contribution is 2.38. The van der Waals surface area contributed by atoms with E-state index in [9.17, 15) is 4.79 Å². The largest absolute Gasteiger partial charge is 0.373 e. The number of piperidine rings is 2. The maximum atomic E-state index is 11.5. The minimum atomic E-state index is -0.128. The smallest absolute Gasteiger partial charge is 0.220 e. The first kappa shape index (κ1) is 24.5. The number of fused-ring (bicyclic) bond motifs is 1. The molecule has 1 aliphatic carbocycles. The number of primary amides is 1. The molecule has 6 aliphatic rings. The maximum absolute atomic E-state index is 11.5. The monoisotopic (exact) mass is 491 g/mol. The van der Waals surface area contributed by atoms with E-state index in [4.69, 9.17) is 15.3 Å². The van der Waals surface area contributed by atoms with Crippen molar-refractivity contribution in [3.63, 3.8) is 0 Å². The Hall–Kier alpha value is -0.810. The highest BCUT2D eigenvalue weighted by molar-refractivity contribution is 5.76. The van der Waals surface area contributed by atoms with Crippen molar-refractivity contribution < 1.29 is 19.7 Å². The number of hydrogen-bond acceptors (Lipinski definition) is 7. The number of ether oxygens (including phenoxy) is 1. The fraction of sp³-hybridized carbons (Fsp3) is 0.962. The van der Waals surface area contributed by atoms with E-state index in [1.54, 1.807) is 0 Å². The number of carbonyl (C=O) groups is 1. The zero-order valence-corrected chi connectivity index (χ0v) is 21.3. The van der Waals surface area contributed by atoms with Gasteiger partial charge in [0.25, 0.3) is 0 Å². The van der Waals surface area contributed by atoms with E-state index in [2.05, 4.69) is 25.9 Å². The Morgan fingerprint density at radius 2 is 1.83 bits per heavy atom. The first-order valence-electron chi connectivity index (χ1n) is 14.6. The lowest BCUT2D eigenvalue weighted by molar-refractivity contribution is -0.720. The molecule has 9 nitrogen and oxygen atoms in total. The van der Waals surface area contributed by atoms with Gasteiger partial charge in [-0.15, -0.1) is 0 Å². The van der Waals surface area contributed by atoms with Crippen molar-refractivity contribution in [1.29, 1.82) is 0 Å². The number of nitrogens with one attached hydrogen (secondary N) is 2. The molecule has 9 heteroatoms. The van der Waals surface area contributed by atoms with Gasteiger partial charge < -0.3 is 15.8 Å². The normalized spacial score (nSPS) is 44.0. The molecule has 6 rings (SSSR count). The zero-order chi connectivity index (χ0) is 23.8. The van der Waals surface area contributed by atoms with E-state index in [0.29, 0.717) is 30.3 Å². The standard InChI is InChI=1S/C26H46N6O3/c27-24(33)17-8-12-31(13-9-17)23-15-19(7-10-28-23)25-29-26(35-30-25)21-5-3-11-32(21)16-20-14-18-4-1-2-6-22(18)34-20/h17-23,25-26,28-30H,1-16H2,(H2,27,33)/p+1. The molecule has 5 aliphatic heterocycles. The Morgan fingerprint density at radius 1 is 0.971 bits per heavy atom. The van der Waals surface area contributed by atoms with Gasteiger partial charge in [0, 0.05) is 44.3 Å². The third-order valence-corrected chi connectivity index (χ3v) is 10.0. The summed E-state index contributed by atoms with van der Waals surface area (Å²) < 4.78 is 6.49. The Kier molecular flexibility index (Phi) is 7.63. The molecule has 0 aromatic heterocycles. The lowest BCUT2D eigenvalue weighted by atomic mass is 9.85. The van der Waals surface area contributed by atoms with Gasteiger partial charge in [0.1, 0.15) is 12.4 Å². The van der Waals surface area contributed by atoms with E-state index in [-0.39, 0.29) is 24.2 Å². The number of rotatable bonds is 6. The lowest BCUT2D eigenvalue weighted by Gasteiger charge is -2.39. The highest BCUT2D eigenvalue weighted by Gasteiger charge is 2.44. The van der Waals surface area contributed by atoms with Crippen LogP contribution in [0.25, 0.3) is 0 Å². The van der Waals surface area contributed by atoms with Crippen molar-refractivity contribution in [2.75, 3.05) is 32.7 Å². The Bertz CT molecular complexity index is 720. The molecule has 8 unspecified atom stereocenters. The van der Waals surface area contributed by atoms with Crippen molar-refractivity contribution in [3.8, 4) is 0 Å². The molecule has 35 heavy (non-hydrogen) atoms. The maximum Gasteiger partial charge on any atom is 0.220 e. The average Bonchev–Trinajstić information content (AvgIpc) is 3.63. The van der Waals surface area contributed by atoms with Crippen molar-refractivity contribution in [3.05, 3.63) is 0 Å². The van der Waals surface area contributed by atoms with Gasteiger partial charge in [0.15, 0.2) is 0 Å². The molecule has 1 amide bonds. The molecule has 0 aromatic rings. The summed E-state index contributed by atoms with van der Waals surface area (Å²) in [5.74, 6) is 1.29. The van der Waals surface area contributed by atoms with Gasteiger partial charge >= 0.3 is 0 Å². The molecule has 0 spiro atoms. The SMILES string of the molecule is NC(=O)C1CCN(C2CC(C3NOC(C4CCCN4CC4CC5CCCCC5O4)N3)CC[NH2+]2)CC1. The van der Waals surface area contributed by atoms with E-state index < -0.39 is 0 Å². The van der Waals surface area contributed by atoms with Crippen LogP contribution >= 0.6 is 0 Å².